The van der Waals surface area contributed by atoms with Crippen LogP contribution in [-0.2, 0) is 0 Å². The fourth-order valence-corrected chi connectivity index (χ4v) is 13.6. The van der Waals surface area contributed by atoms with Crippen LogP contribution in [0, 0.1) is 125 Å². The van der Waals surface area contributed by atoms with Gasteiger partial charge in [-0.1, -0.05) is 6.55 Å². The average Bonchev–Trinajstić information content (AvgIpc) is 3.03. The van der Waals surface area contributed by atoms with E-state index >= 15 is 0 Å². The molecule has 0 N–H and O–H groups in total. The van der Waals surface area contributed by atoms with Crippen molar-refractivity contribution in [2.24, 2.45) is 0 Å². The van der Waals surface area contributed by atoms with Gasteiger partial charge in [-0.15, -0.1) is 0 Å². The molecule has 0 amide bonds. The molecule has 1 radical (unpaired) electrons. The summed E-state index contributed by atoms with van der Waals surface area (Å²) < 4.78 is 0. The van der Waals surface area contributed by atoms with E-state index in [-0.39, 0.29) is 0 Å². The molecule has 0 aromatic heterocycles. The zero-order chi connectivity index (χ0) is 35.7. The second kappa shape index (κ2) is 11.3. The SMILES string of the molecule is Cc1c(C)c(C)c2c(C)c3c(C)c([Si](C)c4c(C)c(C)c5c(C)c6c(C)c(C)c(C)c(C)c6c(C)c5c4C)c(C)c(C)c3c(C)c2c1C. The smallest absolute Gasteiger partial charge is 0.0628 e. The second-order valence-corrected chi connectivity index (χ2v) is 17.9. The van der Waals surface area contributed by atoms with Crippen LogP contribution in [0.1, 0.15) is 100 Å². The maximum Gasteiger partial charge on any atom is 0.119 e. The van der Waals surface area contributed by atoms with E-state index in [1.165, 1.54) is 143 Å². The molecule has 0 saturated heterocycles. The number of aryl methyl sites for hydroxylation is 12. The molecule has 0 unspecified atom stereocenters. The van der Waals surface area contributed by atoms with E-state index in [1.54, 1.807) is 10.4 Å². The minimum atomic E-state index is -1.12. The van der Waals surface area contributed by atoms with Gasteiger partial charge < -0.3 is 0 Å². The fraction of sp³-hybridized carbons (Fsp3) is 0.404. The van der Waals surface area contributed by atoms with Gasteiger partial charge in [-0.05, 0) is 278 Å². The standard InChI is InChI=1S/C47H57Si/c1-20-22(3)26(7)40-34(15)44-36(17)46(30(11)28(9)42(44)32(13)38(40)24(20)5)48(19)47-31(12)29(10)43-33(14)39-25(6)21(2)23(4)27(8)41(39)35(16)45(43)37(47)18/h1-19H3. The Bertz CT molecular complexity index is 2290. The summed E-state index contributed by atoms with van der Waals surface area (Å²) in [7, 11) is -1.12. The minimum Gasteiger partial charge on any atom is -0.0628 e. The Labute approximate surface area is 292 Å². The molecule has 0 bridgehead atoms. The quantitative estimate of drug-likeness (QED) is 0.129. The predicted molar refractivity (Wildman–Crippen MR) is 219 cm³/mol. The topological polar surface area (TPSA) is 0 Å². The second-order valence-electron chi connectivity index (χ2n) is 15.6. The highest BCUT2D eigenvalue weighted by Crippen LogP contribution is 2.43. The van der Waals surface area contributed by atoms with Crippen molar-refractivity contribution in [3.8, 4) is 0 Å². The summed E-state index contributed by atoms with van der Waals surface area (Å²) in [6, 6.07) is 0. The molecule has 0 aliphatic carbocycles. The Morgan fingerprint density at radius 2 is 0.354 bits per heavy atom. The number of rotatable bonds is 2. The molecule has 48 heavy (non-hydrogen) atoms. The minimum absolute atomic E-state index is 1.12. The van der Waals surface area contributed by atoms with Gasteiger partial charge in [0.15, 0.2) is 0 Å². The Hall–Kier alpha value is -3.42. The molecule has 6 rings (SSSR count). The summed E-state index contributed by atoms with van der Waals surface area (Å²) in [6.07, 6.45) is 0. The van der Waals surface area contributed by atoms with Crippen LogP contribution in [0.25, 0.3) is 43.1 Å². The van der Waals surface area contributed by atoms with Gasteiger partial charge in [0.2, 0.25) is 0 Å². The van der Waals surface area contributed by atoms with Crippen molar-refractivity contribution < 1.29 is 0 Å². The third kappa shape index (κ3) is 4.19. The number of hydrogen-bond acceptors (Lipinski definition) is 0. The van der Waals surface area contributed by atoms with Gasteiger partial charge in [0.05, 0.1) is 0 Å². The summed E-state index contributed by atoms with van der Waals surface area (Å²) >= 11 is 0. The van der Waals surface area contributed by atoms with E-state index in [1.807, 2.05) is 0 Å². The van der Waals surface area contributed by atoms with Crippen LogP contribution < -0.4 is 10.4 Å². The van der Waals surface area contributed by atoms with E-state index in [0.29, 0.717) is 0 Å². The van der Waals surface area contributed by atoms with Crippen molar-refractivity contribution in [2.45, 2.75) is 131 Å². The molecule has 0 aliphatic rings. The van der Waals surface area contributed by atoms with E-state index in [4.69, 9.17) is 0 Å². The monoisotopic (exact) mass is 649 g/mol. The lowest BCUT2D eigenvalue weighted by Gasteiger charge is -2.29. The van der Waals surface area contributed by atoms with Crippen LogP contribution in [0.2, 0.25) is 6.55 Å². The van der Waals surface area contributed by atoms with E-state index in [2.05, 4.69) is 131 Å². The summed E-state index contributed by atoms with van der Waals surface area (Å²) in [5.74, 6) is 0. The molecule has 249 valence electrons. The summed E-state index contributed by atoms with van der Waals surface area (Å²) in [6.45, 7) is 45.3. The lowest BCUT2D eigenvalue weighted by molar-refractivity contribution is 1.24. The summed E-state index contributed by atoms with van der Waals surface area (Å²) in [5.41, 5.74) is 26.3. The van der Waals surface area contributed by atoms with Crippen LogP contribution in [0.5, 0.6) is 0 Å². The van der Waals surface area contributed by atoms with Gasteiger partial charge in [0.1, 0.15) is 8.80 Å². The lowest BCUT2D eigenvalue weighted by atomic mass is 9.81. The van der Waals surface area contributed by atoms with Gasteiger partial charge in [-0.3, -0.25) is 0 Å². The first kappa shape index (κ1) is 34.4. The van der Waals surface area contributed by atoms with Crippen LogP contribution in [0.15, 0.2) is 0 Å². The van der Waals surface area contributed by atoms with E-state index in [9.17, 15) is 0 Å². The summed E-state index contributed by atoms with van der Waals surface area (Å²) in [4.78, 5) is 0. The Kier molecular flexibility index (Phi) is 8.11. The molecule has 0 spiro atoms. The van der Waals surface area contributed by atoms with Crippen LogP contribution in [0.3, 0.4) is 0 Å². The molecule has 0 aliphatic heterocycles. The Balaban J connectivity index is 1.76. The van der Waals surface area contributed by atoms with E-state index in [0.717, 1.165) is 0 Å². The van der Waals surface area contributed by atoms with Crippen molar-refractivity contribution in [3.63, 3.8) is 0 Å². The van der Waals surface area contributed by atoms with Crippen molar-refractivity contribution >= 4 is 62.3 Å². The molecule has 6 aromatic carbocycles. The molecule has 0 saturated carbocycles. The molecule has 1 heteroatoms. The zero-order valence-electron chi connectivity index (χ0n) is 33.5. The molecule has 0 fully saturated rings. The largest absolute Gasteiger partial charge is 0.119 e. The molecular weight excluding hydrogens is 593 g/mol. The maximum absolute atomic E-state index is 2.59. The molecule has 0 nitrogen and oxygen atoms in total. The Morgan fingerprint density at radius 3 is 0.562 bits per heavy atom. The molecule has 0 atom stereocenters. The fourth-order valence-electron chi connectivity index (χ4n) is 10.4. The van der Waals surface area contributed by atoms with E-state index < -0.39 is 8.80 Å². The van der Waals surface area contributed by atoms with Crippen LogP contribution in [0.4, 0.5) is 0 Å². The molecule has 0 heterocycles. The van der Waals surface area contributed by atoms with Crippen molar-refractivity contribution in [1.82, 2.24) is 0 Å². The highest BCUT2D eigenvalue weighted by atomic mass is 28.3. The molecule has 6 aromatic rings. The number of hydrogen-bond donors (Lipinski definition) is 0. The van der Waals surface area contributed by atoms with Gasteiger partial charge in [0.25, 0.3) is 0 Å². The first-order valence-corrected chi connectivity index (χ1v) is 20.0. The van der Waals surface area contributed by atoms with Crippen molar-refractivity contribution in [2.75, 3.05) is 0 Å². The lowest BCUT2D eigenvalue weighted by Crippen LogP contribution is -2.45. The van der Waals surface area contributed by atoms with Gasteiger partial charge >= 0.3 is 0 Å². The van der Waals surface area contributed by atoms with Crippen LogP contribution >= 0.6 is 0 Å². The van der Waals surface area contributed by atoms with Crippen molar-refractivity contribution in [1.29, 1.82) is 0 Å². The third-order valence-corrected chi connectivity index (χ3v) is 16.8. The Morgan fingerprint density at radius 1 is 0.188 bits per heavy atom. The number of fused-ring (bicyclic) bond motifs is 4. The normalized spacial score (nSPS) is 12.2. The first-order chi connectivity index (χ1) is 22.3. The van der Waals surface area contributed by atoms with Crippen LogP contribution in [-0.4, -0.2) is 8.80 Å². The van der Waals surface area contributed by atoms with Gasteiger partial charge in [-0.25, -0.2) is 0 Å². The first-order valence-electron chi connectivity index (χ1n) is 18.0. The van der Waals surface area contributed by atoms with Gasteiger partial charge in [-0.2, -0.15) is 0 Å². The third-order valence-electron chi connectivity index (χ3n) is 13.8. The highest BCUT2D eigenvalue weighted by molar-refractivity contribution is 6.86. The highest BCUT2D eigenvalue weighted by Gasteiger charge is 2.29. The number of benzene rings is 6. The summed E-state index contributed by atoms with van der Waals surface area (Å²) in [5, 5.41) is 15.1. The predicted octanol–water partition coefficient (Wildman–Crippen LogP) is 12.1. The average molecular weight is 650 g/mol. The molecular formula is C47H57Si. The van der Waals surface area contributed by atoms with Gasteiger partial charge in [0, 0.05) is 0 Å². The zero-order valence-corrected chi connectivity index (χ0v) is 34.5. The van der Waals surface area contributed by atoms with Crippen molar-refractivity contribution in [3.05, 3.63) is 100 Å². The maximum atomic E-state index is 2.59.